The van der Waals surface area contributed by atoms with E-state index in [9.17, 15) is 14.9 Å². The molecule has 0 fully saturated rings. The van der Waals surface area contributed by atoms with Gasteiger partial charge in [-0.25, -0.2) is 0 Å². The second-order valence-electron chi connectivity index (χ2n) is 4.85. The van der Waals surface area contributed by atoms with Crippen LogP contribution in [0.25, 0.3) is 0 Å². The fourth-order valence-electron chi connectivity index (χ4n) is 1.57. The molecule has 0 spiro atoms. The second-order valence-corrected chi connectivity index (χ2v) is 4.85. The molecule has 1 aromatic rings. The lowest BCUT2D eigenvalue weighted by atomic mass is 9.92. The molecular weight excluding hydrogens is 248 g/mol. The van der Waals surface area contributed by atoms with Crippen molar-refractivity contribution in [3.05, 3.63) is 28.3 Å². The number of nitrogen functional groups attached to an aromatic ring is 1. The van der Waals surface area contributed by atoms with E-state index in [0.29, 0.717) is 12.2 Å². The van der Waals surface area contributed by atoms with Crippen LogP contribution in [-0.4, -0.2) is 24.4 Å². The summed E-state index contributed by atoms with van der Waals surface area (Å²) in [5.74, 6) is -0.0881. The minimum atomic E-state index is -0.592. The zero-order valence-corrected chi connectivity index (χ0v) is 11.2. The molecule has 1 rings (SSSR count). The van der Waals surface area contributed by atoms with Crippen molar-refractivity contribution in [2.24, 2.45) is 5.41 Å². The number of benzene rings is 1. The molecule has 0 aliphatic heterocycles. The third-order valence-electron chi connectivity index (χ3n) is 2.80. The summed E-state index contributed by atoms with van der Waals surface area (Å²) in [5, 5.41) is 16.3. The Morgan fingerprint density at radius 2 is 2.11 bits per heavy atom. The molecule has 1 amide bonds. The molecule has 0 radical (unpaired) electrons. The van der Waals surface area contributed by atoms with Gasteiger partial charge in [-0.15, -0.1) is 0 Å². The molecule has 0 saturated heterocycles. The summed E-state index contributed by atoms with van der Waals surface area (Å²) in [4.78, 5) is 21.7. The van der Waals surface area contributed by atoms with Crippen LogP contribution in [0.5, 0.6) is 0 Å². The molecule has 4 N–H and O–H groups in total. The maximum atomic E-state index is 11.6. The first kappa shape index (κ1) is 14.7. The van der Waals surface area contributed by atoms with Crippen molar-refractivity contribution < 1.29 is 9.72 Å². The van der Waals surface area contributed by atoms with E-state index < -0.39 is 10.3 Å². The zero-order valence-electron chi connectivity index (χ0n) is 11.2. The molecule has 0 aliphatic carbocycles. The summed E-state index contributed by atoms with van der Waals surface area (Å²) in [6.45, 7) is 3.99. The van der Waals surface area contributed by atoms with E-state index in [4.69, 9.17) is 5.73 Å². The Bertz CT molecular complexity index is 500. The minimum Gasteiger partial charge on any atom is -0.393 e. The molecule has 104 valence electrons. The lowest BCUT2D eigenvalue weighted by Crippen LogP contribution is -2.39. The number of nitro benzene ring substituents is 1. The van der Waals surface area contributed by atoms with Gasteiger partial charge < -0.3 is 16.4 Å². The van der Waals surface area contributed by atoms with Gasteiger partial charge in [0.15, 0.2) is 0 Å². The van der Waals surface area contributed by atoms with E-state index in [1.54, 1.807) is 27.0 Å². The molecule has 19 heavy (non-hydrogen) atoms. The van der Waals surface area contributed by atoms with Crippen LogP contribution in [0.3, 0.4) is 0 Å². The van der Waals surface area contributed by atoms with Crippen LogP contribution < -0.4 is 16.4 Å². The topological polar surface area (TPSA) is 110 Å². The zero-order chi connectivity index (χ0) is 14.6. The summed E-state index contributed by atoms with van der Waals surface area (Å²) in [6.07, 6.45) is 0. The average Bonchev–Trinajstić information content (AvgIpc) is 2.35. The predicted molar refractivity (Wildman–Crippen MR) is 73.8 cm³/mol. The highest BCUT2D eigenvalue weighted by Gasteiger charge is 2.26. The van der Waals surface area contributed by atoms with Crippen LogP contribution in [0, 0.1) is 15.5 Å². The molecule has 0 aromatic heterocycles. The number of amides is 1. The molecule has 0 saturated carbocycles. The number of anilines is 2. The van der Waals surface area contributed by atoms with Gasteiger partial charge in [-0.1, -0.05) is 0 Å². The van der Waals surface area contributed by atoms with Crippen LogP contribution in [0.15, 0.2) is 18.2 Å². The van der Waals surface area contributed by atoms with E-state index in [2.05, 4.69) is 10.6 Å². The van der Waals surface area contributed by atoms with Gasteiger partial charge in [0.05, 0.1) is 10.3 Å². The Labute approximate surface area is 111 Å². The van der Waals surface area contributed by atoms with E-state index in [-0.39, 0.29) is 17.3 Å². The van der Waals surface area contributed by atoms with Gasteiger partial charge in [0.2, 0.25) is 5.91 Å². The van der Waals surface area contributed by atoms with Gasteiger partial charge in [-0.3, -0.25) is 14.9 Å². The summed E-state index contributed by atoms with van der Waals surface area (Å²) in [5.41, 5.74) is 5.60. The van der Waals surface area contributed by atoms with Crippen LogP contribution >= 0.6 is 0 Å². The maximum absolute atomic E-state index is 11.6. The van der Waals surface area contributed by atoms with Gasteiger partial charge >= 0.3 is 0 Å². The Morgan fingerprint density at radius 1 is 1.47 bits per heavy atom. The normalized spacial score (nSPS) is 10.9. The second kappa shape index (κ2) is 5.55. The lowest BCUT2D eigenvalue weighted by Gasteiger charge is -2.23. The Morgan fingerprint density at radius 3 is 2.58 bits per heavy atom. The van der Waals surface area contributed by atoms with Crippen molar-refractivity contribution in [1.29, 1.82) is 0 Å². The fraction of sp³-hybridized carbons (Fsp3) is 0.417. The van der Waals surface area contributed by atoms with E-state index in [0.717, 1.165) is 0 Å². The maximum Gasteiger partial charge on any atom is 0.292 e. The fourth-order valence-corrected chi connectivity index (χ4v) is 1.57. The molecule has 0 bridgehead atoms. The molecule has 0 unspecified atom stereocenters. The first-order chi connectivity index (χ1) is 8.77. The van der Waals surface area contributed by atoms with Crippen LogP contribution in [-0.2, 0) is 4.79 Å². The number of carbonyl (C=O) groups is 1. The lowest BCUT2D eigenvalue weighted by molar-refractivity contribution is -0.383. The van der Waals surface area contributed by atoms with Gasteiger partial charge in [0.25, 0.3) is 5.69 Å². The number of nitrogens with one attached hydrogen (secondary N) is 2. The minimum absolute atomic E-state index is 0.0881. The Hall–Kier alpha value is -2.31. The molecule has 0 heterocycles. The third-order valence-corrected chi connectivity index (χ3v) is 2.80. The number of nitrogens with zero attached hydrogens (tertiary/aromatic N) is 1. The van der Waals surface area contributed by atoms with Crippen LogP contribution in [0.2, 0.25) is 0 Å². The molecule has 0 aliphatic rings. The monoisotopic (exact) mass is 266 g/mol. The smallest absolute Gasteiger partial charge is 0.292 e. The largest absolute Gasteiger partial charge is 0.393 e. The number of carbonyl (C=O) groups excluding carboxylic acids is 1. The highest BCUT2D eigenvalue weighted by Crippen LogP contribution is 2.25. The van der Waals surface area contributed by atoms with Crippen LogP contribution in [0.4, 0.5) is 17.1 Å². The Balaban J connectivity index is 2.77. The highest BCUT2D eigenvalue weighted by atomic mass is 16.6. The van der Waals surface area contributed by atoms with E-state index in [1.807, 2.05) is 0 Å². The number of nitrogens with two attached hydrogens (primary N) is 1. The first-order valence-corrected chi connectivity index (χ1v) is 5.78. The summed E-state index contributed by atoms with van der Waals surface area (Å²) in [6, 6.07) is 4.39. The molecule has 7 nitrogen and oxygen atoms in total. The molecular formula is C12H18N4O3. The number of nitro groups is 1. The quantitative estimate of drug-likeness (QED) is 0.423. The molecule has 0 atom stereocenters. The van der Waals surface area contributed by atoms with Crippen molar-refractivity contribution in [2.45, 2.75) is 13.8 Å². The van der Waals surface area contributed by atoms with Crippen molar-refractivity contribution in [1.82, 2.24) is 5.32 Å². The van der Waals surface area contributed by atoms with Crippen molar-refractivity contribution in [2.75, 3.05) is 24.6 Å². The summed E-state index contributed by atoms with van der Waals surface area (Å²) < 4.78 is 0. The SMILES string of the molecule is CNC(=O)C(C)(C)CNc1ccc([N+](=O)[O-])c(N)c1. The molecule has 1 aromatic carbocycles. The van der Waals surface area contributed by atoms with Crippen molar-refractivity contribution in [3.63, 3.8) is 0 Å². The van der Waals surface area contributed by atoms with E-state index >= 15 is 0 Å². The average molecular weight is 266 g/mol. The summed E-state index contributed by atoms with van der Waals surface area (Å²) >= 11 is 0. The standard InChI is InChI=1S/C12H18N4O3/c1-12(2,11(17)14-3)7-15-8-4-5-10(16(18)19)9(13)6-8/h4-6,15H,7,13H2,1-3H3,(H,14,17). The molecule has 7 heteroatoms. The number of rotatable bonds is 5. The van der Waals surface area contributed by atoms with Gasteiger partial charge in [0.1, 0.15) is 5.69 Å². The first-order valence-electron chi connectivity index (χ1n) is 5.78. The third kappa shape index (κ3) is 3.57. The Kier molecular flexibility index (Phi) is 4.31. The van der Waals surface area contributed by atoms with Crippen molar-refractivity contribution >= 4 is 23.0 Å². The van der Waals surface area contributed by atoms with E-state index in [1.165, 1.54) is 12.1 Å². The predicted octanol–water partition coefficient (Wildman–Crippen LogP) is 1.36. The number of hydrogen-bond donors (Lipinski definition) is 3. The van der Waals surface area contributed by atoms with Gasteiger partial charge in [0, 0.05) is 25.3 Å². The van der Waals surface area contributed by atoms with Crippen LogP contribution in [0.1, 0.15) is 13.8 Å². The highest BCUT2D eigenvalue weighted by molar-refractivity contribution is 5.82. The number of hydrogen-bond acceptors (Lipinski definition) is 5. The summed E-state index contributed by atoms with van der Waals surface area (Å²) in [7, 11) is 1.58. The van der Waals surface area contributed by atoms with Gasteiger partial charge in [-0.05, 0) is 26.0 Å². The van der Waals surface area contributed by atoms with Crippen molar-refractivity contribution in [3.8, 4) is 0 Å². The van der Waals surface area contributed by atoms with Gasteiger partial charge in [-0.2, -0.15) is 0 Å².